The zero-order chi connectivity index (χ0) is 11.4. The van der Waals surface area contributed by atoms with E-state index in [2.05, 4.69) is 4.98 Å². The molecule has 4 nitrogen and oxygen atoms in total. The first kappa shape index (κ1) is 11.5. The van der Waals surface area contributed by atoms with Crippen LogP contribution in [0.3, 0.4) is 0 Å². The molecule has 1 aromatic rings. The molecule has 2 heterocycles. The van der Waals surface area contributed by atoms with Crippen LogP contribution in [0.4, 0.5) is 0 Å². The lowest BCUT2D eigenvalue weighted by atomic mass is 10.1. The van der Waals surface area contributed by atoms with Crippen LogP contribution in [-0.2, 0) is 11.2 Å². The molecule has 0 saturated carbocycles. The van der Waals surface area contributed by atoms with E-state index in [-0.39, 0.29) is 6.42 Å². The molecule has 0 aliphatic carbocycles. The summed E-state index contributed by atoms with van der Waals surface area (Å²) in [5.41, 5.74) is 0. The van der Waals surface area contributed by atoms with Crippen molar-refractivity contribution in [1.82, 2.24) is 4.98 Å². The maximum atomic E-state index is 10.4. The number of nitrogens with zero attached hydrogens (tertiary/aromatic N) is 1. The topological polar surface area (TPSA) is 63.3 Å². The Kier molecular flexibility index (Phi) is 3.88. The molecule has 5 heteroatoms. The fourth-order valence-electron chi connectivity index (χ4n) is 1.79. The lowest BCUT2D eigenvalue weighted by molar-refractivity contribution is -0.137. The number of carbonyl (C=O) groups is 1. The van der Waals surface area contributed by atoms with E-state index in [4.69, 9.17) is 9.52 Å². The predicted molar refractivity (Wildman–Crippen MR) is 61.8 cm³/mol. The number of aromatic nitrogens is 1. The van der Waals surface area contributed by atoms with E-state index in [1.165, 1.54) is 12.2 Å². The molecular weight excluding hydrogens is 226 g/mol. The molecule has 1 saturated heterocycles. The van der Waals surface area contributed by atoms with Gasteiger partial charge in [0.25, 0.3) is 0 Å². The molecule has 2 rings (SSSR count). The van der Waals surface area contributed by atoms with Crippen LogP contribution < -0.4 is 0 Å². The number of aryl methyl sites for hydroxylation is 1. The van der Waals surface area contributed by atoms with Gasteiger partial charge in [0.1, 0.15) is 5.76 Å². The Labute approximate surface area is 98.4 Å². The zero-order valence-electron chi connectivity index (χ0n) is 9.02. The minimum absolute atomic E-state index is 0.105. The molecule has 1 N–H and O–H groups in total. The van der Waals surface area contributed by atoms with E-state index in [1.54, 1.807) is 6.20 Å². The Morgan fingerprint density at radius 2 is 2.56 bits per heavy atom. The highest BCUT2D eigenvalue weighted by molar-refractivity contribution is 7.99. The smallest absolute Gasteiger partial charge is 0.303 e. The average molecular weight is 241 g/mol. The van der Waals surface area contributed by atoms with E-state index < -0.39 is 5.97 Å². The summed E-state index contributed by atoms with van der Waals surface area (Å²) >= 11 is 1.93. The average Bonchev–Trinajstić information content (AvgIpc) is 2.76. The molecule has 1 fully saturated rings. The highest BCUT2D eigenvalue weighted by Gasteiger charge is 2.20. The first-order chi connectivity index (χ1) is 7.75. The fraction of sp³-hybridized carbons (Fsp3) is 0.636. The highest BCUT2D eigenvalue weighted by Crippen LogP contribution is 2.30. The normalized spacial score (nSPS) is 20.9. The third-order valence-electron chi connectivity index (χ3n) is 2.67. The summed E-state index contributed by atoms with van der Waals surface area (Å²) in [5, 5.41) is 8.56. The fourth-order valence-corrected chi connectivity index (χ4v) is 2.92. The first-order valence-corrected chi connectivity index (χ1v) is 6.65. The Morgan fingerprint density at radius 1 is 1.69 bits per heavy atom. The minimum Gasteiger partial charge on any atom is -0.481 e. The van der Waals surface area contributed by atoms with Crippen LogP contribution in [0.2, 0.25) is 0 Å². The van der Waals surface area contributed by atoms with Crippen LogP contribution in [0.15, 0.2) is 10.6 Å². The minimum atomic E-state index is -0.800. The molecule has 88 valence electrons. The molecule has 0 spiro atoms. The van der Waals surface area contributed by atoms with Crippen molar-refractivity contribution in [1.29, 1.82) is 0 Å². The molecule has 16 heavy (non-hydrogen) atoms. The Balaban J connectivity index is 1.93. The molecule has 1 unspecified atom stereocenters. The summed E-state index contributed by atoms with van der Waals surface area (Å²) in [6.07, 6.45) is 4.54. The second-order valence-corrected chi connectivity index (χ2v) is 5.12. The monoisotopic (exact) mass is 241 g/mol. The van der Waals surface area contributed by atoms with E-state index in [0.29, 0.717) is 18.1 Å². The third kappa shape index (κ3) is 3.01. The van der Waals surface area contributed by atoms with Gasteiger partial charge in [0.2, 0.25) is 0 Å². The van der Waals surface area contributed by atoms with Crippen molar-refractivity contribution in [3.63, 3.8) is 0 Å². The van der Waals surface area contributed by atoms with Crippen LogP contribution in [0.25, 0.3) is 0 Å². The quantitative estimate of drug-likeness (QED) is 0.876. The summed E-state index contributed by atoms with van der Waals surface area (Å²) < 4.78 is 5.59. The lowest BCUT2D eigenvalue weighted by Gasteiger charge is -2.17. The van der Waals surface area contributed by atoms with Crippen LogP contribution >= 0.6 is 11.8 Å². The van der Waals surface area contributed by atoms with Crippen LogP contribution in [-0.4, -0.2) is 27.6 Å². The standard InChI is InChI=1S/C11H15NO3S/c13-10(14)4-3-9-6-12-11(15-9)8-2-1-5-16-7-8/h6,8H,1-5,7H2,(H,13,14). The highest BCUT2D eigenvalue weighted by atomic mass is 32.2. The largest absolute Gasteiger partial charge is 0.481 e. The Hall–Kier alpha value is -0.970. The van der Waals surface area contributed by atoms with Gasteiger partial charge in [0.05, 0.1) is 12.6 Å². The van der Waals surface area contributed by atoms with Gasteiger partial charge in [-0.1, -0.05) is 0 Å². The number of thioether (sulfide) groups is 1. The van der Waals surface area contributed by atoms with Crippen molar-refractivity contribution < 1.29 is 14.3 Å². The van der Waals surface area contributed by atoms with Gasteiger partial charge in [0, 0.05) is 18.1 Å². The molecular formula is C11H15NO3S. The lowest BCUT2D eigenvalue weighted by Crippen LogP contribution is -2.08. The second kappa shape index (κ2) is 5.39. The molecule has 1 aromatic heterocycles. The van der Waals surface area contributed by atoms with Crippen molar-refractivity contribution in [2.24, 2.45) is 0 Å². The summed E-state index contributed by atoms with van der Waals surface area (Å²) in [4.78, 5) is 14.7. The number of hydrogen-bond donors (Lipinski definition) is 1. The van der Waals surface area contributed by atoms with Crippen LogP contribution in [0, 0.1) is 0 Å². The summed E-state index contributed by atoms with van der Waals surface area (Å²) in [5.74, 6) is 3.38. The van der Waals surface area contributed by atoms with Gasteiger partial charge in [-0.15, -0.1) is 0 Å². The van der Waals surface area contributed by atoms with Crippen molar-refractivity contribution in [3.8, 4) is 0 Å². The Morgan fingerprint density at radius 3 is 3.25 bits per heavy atom. The van der Waals surface area contributed by atoms with Crippen molar-refractivity contribution in [2.75, 3.05) is 11.5 Å². The molecule has 0 bridgehead atoms. The summed E-state index contributed by atoms with van der Waals surface area (Å²) in [7, 11) is 0. The molecule has 0 aromatic carbocycles. The zero-order valence-corrected chi connectivity index (χ0v) is 9.83. The number of oxazole rings is 1. The van der Waals surface area contributed by atoms with Gasteiger partial charge >= 0.3 is 5.97 Å². The molecule has 1 atom stereocenters. The van der Waals surface area contributed by atoms with Crippen molar-refractivity contribution in [3.05, 3.63) is 17.8 Å². The predicted octanol–water partition coefficient (Wildman–Crippen LogP) is 2.30. The maximum absolute atomic E-state index is 10.4. The van der Waals surface area contributed by atoms with E-state index >= 15 is 0 Å². The second-order valence-electron chi connectivity index (χ2n) is 3.97. The first-order valence-electron chi connectivity index (χ1n) is 5.50. The van der Waals surface area contributed by atoms with Crippen molar-refractivity contribution >= 4 is 17.7 Å². The number of rotatable bonds is 4. The maximum Gasteiger partial charge on any atom is 0.303 e. The van der Waals surface area contributed by atoms with Gasteiger partial charge in [-0.3, -0.25) is 4.79 Å². The van der Waals surface area contributed by atoms with Gasteiger partial charge in [-0.05, 0) is 18.6 Å². The van der Waals surface area contributed by atoms with E-state index in [1.807, 2.05) is 11.8 Å². The number of carboxylic acid groups (broad SMARTS) is 1. The number of carboxylic acids is 1. The molecule has 0 amide bonds. The van der Waals surface area contributed by atoms with Gasteiger partial charge < -0.3 is 9.52 Å². The van der Waals surface area contributed by atoms with E-state index in [9.17, 15) is 4.79 Å². The van der Waals surface area contributed by atoms with Crippen LogP contribution in [0.1, 0.15) is 36.8 Å². The van der Waals surface area contributed by atoms with Gasteiger partial charge in [-0.2, -0.15) is 11.8 Å². The van der Waals surface area contributed by atoms with E-state index in [0.717, 1.165) is 18.1 Å². The Bertz CT molecular complexity index is 358. The van der Waals surface area contributed by atoms with Crippen LogP contribution in [0.5, 0.6) is 0 Å². The number of aliphatic carboxylic acids is 1. The molecule has 0 radical (unpaired) electrons. The van der Waals surface area contributed by atoms with Gasteiger partial charge in [-0.25, -0.2) is 4.98 Å². The summed E-state index contributed by atoms with van der Waals surface area (Å²) in [6, 6.07) is 0. The molecule has 1 aliphatic heterocycles. The summed E-state index contributed by atoms with van der Waals surface area (Å²) in [6.45, 7) is 0. The molecule has 1 aliphatic rings. The van der Waals surface area contributed by atoms with Gasteiger partial charge in [0.15, 0.2) is 5.89 Å². The van der Waals surface area contributed by atoms with Crippen molar-refractivity contribution in [2.45, 2.75) is 31.6 Å². The number of hydrogen-bond acceptors (Lipinski definition) is 4. The SMILES string of the molecule is O=C(O)CCc1cnc(C2CCCSC2)o1. The third-order valence-corrected chi connectivity index (χ3v) is 3.88.